The van der Waals surface area contributed by atoms with Gasteiger partial charge < -0.3 is 10.2 Å². The van der Waals surface area contributed by atoms with E-state index in [2.05, 4.69) is 47.5 Å². The molecular formula is C17H31IN4S. The Morgan fingerprint density at radius 3 is 3.00 bits per heavy atom. The number of unbranched alkanes of at least 4 members (excludes halogenated alkanes) is 1. The van der Waals surface area contributed by atoms with Gasteiger partial charge in [-0.2, -0.15) is 0 Å². The number of halogens is 1. The zero-order chi connectivity index (χ0) is 15.8. The van der Waals surface area contributed by atoms with E-state index in [0.717, 1.165) is 38.7 Å². The van der Waals surface area contributed by atoms with E-state index in [1.807, 2.05) is 11.3 Å². The van der Waals surface area contributed by atoms with Crippen LogP contribution in [0, 0.1) is 0 Å². The van der Waals surface area contributed by atoms with E-state index in [4.69, 9.17) is 4.99 Å². The summed E-state index contributed by atoms with van der Waals surface area (Å²) in [7, 11) is 2.13. The second kappa shape index (κ2) is 11.3. The molecule has 1 N–H and O–H groups in total. The van der Waals surface area contributed by atoms with Crippen LogP contribution >= 0.6 is 35.3 Å². The lowest BCUT2D eigenvalue weighted by Gasteiger charge is -2.26. The predicted molar refractivity (Wildman–Crippen MR) is 112 cm³/mol. The first-order valence-corrected chi connectivity index (χ1v) is 9.39. The van der Waals surface area contributed by atoms with Crippen LogP contribution in [0.4, 0.5) is 0 Å². The molecule has 23 heavy (non-hydrogen) atoms. The molecule has 0 radical (unpaired) electrons. The molecule has 0 aromatic carbocycles. The Kier molecular flexibility index (Phi) is 10.1. The van der Waals surface area contributed by atoms with Gasteiger partial charge in [-0.1, -0.05) is 13.3 Å². The van der Waals surface area contributed by atoms with E-state index >= 15 is 0 Å². The van der Waals surface area contributed by atoms with Gasteiger partial charge in [-0.25, -0.2) is 0 Å². The summed E-state index contributed by atoms with van der Waals surface area (Å²) < 4.78 is 0. The summed E-state index contributed by atoms with van der Waals surface area (Å²) in [6, 6.07) is 2.28. The summed E-state index contributed by atoms with van der Waals surface area (Å²) in [5, 5.41) is 5.62. The molecule has 0 spiro atoms. The van der Waals surface area contributed by atoms with E-state index in [-0.39, 0.29) is 24.0 Å². The first kappa shape index (κ1) is 20.7. The highest BCUT2D eigenvalue weighted by molar-refractivity contribution is 14.0. The van der Waals surface area contributed by atoms with Crippen molar-refractivity contribution in [1.82, 2.24) is 15.1 Å². The van der Waals surface area contributed by atoms with E-state index in [0.29, 0.717) is 0 Å². The summed E-state index contributed by atoms with van der Waals surface area (Å²) >= 11 is 1.90. The molecule has 1 aromatic rings. The topological polar surface area (TPSA) is 30.9 Å². The monoisotopic (exact) mass is 450 g/mol. The number of fused-ring (bicyclic) bond motifs is 1. The number of nitrogens with one attached hydrogen (secondary N) is 1. The van der Waals surface area contributed by atoms with E-state index in [1.165, 1.54) is 31.4 Å². The van der Waals surface area contributed by atoms with E-state index < -0.39 is 0 Å². The highest BCUT2D eigenvalue weighted by Crippen LogP contribution is 2.23. The molecule has 6 heteroatoms. The van der Waals surface area contributed by atoms with Crippen LogP contribution in [-0.2, 0) is 13.0 Å². The Balaban J connectivity index is 0.00000264. The maximum Gasteiger partial charge on any atom is 0.193 e. The van der Waals surface area contributed by atoms with Gasteiger partial charge in [-0.15, -0.1) is 35.3 Å². The van der Waals surface area contributed by atoms with Crippen LogP contribution in [0.2, 0.25) is 0 Å². The minimum atomic E-state index is 0. The Morgan fingerprint density at radius 2 is 2.26 bits per heavy atom. The second-order valence-electron chi connectivity index (χ2n) is 5.91. The first-order chi connectivity index (χ1) is 10.7. The van der Waals surface area contributed by atoms with Crippen molar-refractivity contribution in [3.63, 3.8) is 0 Å². The summed E-state index contributed by atoms with van der Waals surface area (Å²) in [6.07, 6.45) is 3.64. The van der Waals surface area contributed by atoms with Crippen molar-refractivity contribution in [3.05, 3.63) is 21.9 Å². The number of hydrogen-bond donors (Lipinski definition) is 1. The van der Waals surface area contributed by atoms with Gasteiger partial charge >= 0.3 is 0 Å². The maximum atomic E-state index is 4.80. The largest absolute Gasteiger partial charge is 0.357 e. The molecule has 0 atom stereocenters. The quantitative estimate of drug-likeness (QED) is 0.393. The molecule has 1 aromatic heterocycles. The van der Waals surface area contributed by atoms with Crippen LogP contribution in [0.15, 0.2) is 16.4 Å². The Morgan fingerprint density at radius 1 is 1.43 bits per heavy atom. The van der Waals surface area contributed by atoms with Gasteiger partial charge in [0.25, 0.3) is 0 Å². The summed E-state index contributed by atoms with van der Waals surface area (Å²) in [4.78, 5) is 11.1. The zero-order valence-corrected chi connectivity index (χ0v) is 17.8. The molecular weight excluding hydrogens is 419 g/mol. The highest BCUT2D eigenvalue weighted by Gasteiger charge is 2.16. The molecule has 1 aliphatic heterocycles. The van der Waals surface area contributed by atoms with Gasteiger partial charge in [-0.3, -0.25) is 9.89 Å². The van der Waals surface area contributed by atoms with Gasteiger partial charge in [0.2, 0.25) is 0 Å². The molecule has 0 saturated heterocycles. The lowest BCUT2D eigenvalue weighted by molar-refractivity contribution is 0.263. The highest BCUT2D eigenvalue weighted by atomic mass is 127. The molecule has 0 fully saturated rings. The third kappa shape index (κ3) is 6.58. The number of rotatable bonds is 7. The number of aliphatic imine (C=N–C) groups is 1. The molecule has 132 valence electrons. The third-order valence-corrected chi connectivity index (χ3v) is 5.13. The smallest absolute Gasteiger partial charge is 0.193 e. The standard InChI is InChI=1S/C17H30N4S.HI/c1-4-6-10-20(3)17(18-5-2)19-9-12-21-11-7-16-15(14-21)8-13-22-16;/h8,13H,4-7,9-12,14H2,1-3H3,(H,18,19);1H. The van der Waals surface area contributed by atoms with Gasteiger partial charge in [0.1, 0.15) is 0 Å². The van der Waals surface area contributed by atoms with Crippen LogP contribution < -0.4 is 5.32 Å². The van der Waals surface area contributed by atoms with Crippen molar-refractivity contribution in [1.29, 1.82) is 0 Å². The molecule has 0 amide bonds. The number of guanidine groups is 1. The fourth-order valence-corrected chi connectivity index (χ4v) is 3.66. The van der Waals surface area contributed by atoms with E-state index in [1.54, 1.807) is 4.88 Å². The maximum absolute atomic E-state index is 4.80. The molecule has 4 nitrogen and oxygen atoms in total. The molecule has 2 rings (SSSR count). The number of thiophene rings is 1. The SMILES string of the molecule is CCCCN(C)C(=NCCN1CCc2sccc2C1)NCC.I. The fourth-order valence-electron chi connectivity index (χ4n) is 2.77. The van der Waals surface area contributed by atoms with Crippen molar-refractivity contribution < 1.29 is 0 Å². The van der Waals surface area contributed by atoms with Crippen molar-refractivity contribution in [2.75, 3.05) is 39.8 Å². The van der Waals surface area contributed by atoms with Crippen LogP contribution in [-0.4, -0.2) is 55.5 Å². The second-order valence-corrected chi connectivity index (χ2v) is 6.91. The Hall–Kier alpha value is -0.340. The molecule has 0 bridgehead atoms. The third-order valence-electron chi connectivity index (χ3n) is 4.11. The predicted octanol–water partition coefficient (Wildman–Crippen LogP) is 3.42. The average Bonchev–Trinajstić information content (AvgIpc) is 2.99. The van der Waals surface area contributed by atoms with Crippen molar-refractivity contribution in [3.8, 4) is 0 Å². The van der Waals surface area contributed by atoms with Crippen LogP contribution in [0.3, 0.4) is 0 Å². The van der Waals surface area contributed by atoms with Crippen molar-refractivity contribution in [2.24, 2.45) is 4.99 Å². The first-order valence-electron chi connectivity index (χ1n) is 8.51. The lowest BCUT2D eigenvalue weighted by atomic mass is 10.1. The zero-order valence-electron chi connectivity index (χ0n) is 14.7. The minimum absolute atomic E-state index is 0. The van der Waals surface area contributed by atoms with Crippen LogP contribution in [0.25, 0.3) is 0 Å². The van der Waals surface area contributed by atoms with Gasteiger partial charge in [0, 0.05) is 44.6 Å². The van der Waals surface area contributed by atoms with Crippen LogP contribution in [0.5, 0.6) is 0 Å². The Bertz CT molecular complexity index is 475. The van der Waals surface area contributed by atoms with Gasteiger partial charge in [0.15, 0.2) is 5.96 Å². The normalized spacial score (nSPS) is 15.0. The van der Waals surface area contributed by atoms with Gasteiger partial charge in [0.05, 0.1) is 6.54 Å². The molecule has 0 unspecified atom stereocenters. The number of nitrogens with zero attached hydrogens (tertiary/aromatic N) is 3. The van der Waals surface area contributed by atoms with Crippen molar-refractivity contribution in [2.45, 2.75) is 39.7 Å². The van der Waals surface area contributed by atoms with Crippen LogP contribution in [0.1, 0.15) is 37.1 Å². The molecule has 0 saturated carbocycles. The number of hydrogen-bond acceptors (Lipinski definition) is 3. The molecule has 1 aliphatic rings. The Labute approximate surface area is 162 Å². The minimum Gasteiger partial charge on any atom is -0.357 e. The summed E-state index contributed by atoms with van der Waals surface area (Å²) in [6.45, 7) is 10.5. The summed E-state index contributed by atoms with van der Waals surface area (Å²) in [5.41, 5.74) is 1.52. The lowest BCUT2D eigenvalue weighted by Crippen LogP contribution is -2.40. The van der Waals surface area contributed by atoms with E-state index in [9.17, 15) is 0 Å². The average molecular weight is 450 g/mol. The molecule has 0 aliphatic carbocycles. The van der Waals surface area contributed by atoms with Gasteiger partial charge in [-0.05, 0) is 36.8 Å². The molecule has 2 heterocycles. The summed E-state index contributed by atoms with van der Waals surface area (Å²) in [5.74, 6) is 1.05. The fraction of sp³-hybridized carbons (Fsp3) is 0.706. The van der Waals surface area contributed by atoms with Crippen molar-refractivity contribution >= 4 is 41.3 Å².